The van der Waals surface area contributed by atoms with Crippen LogP contribution in [0.1, 0.15) is 6.92 Å². The maximum atomic E-state index is 11.5. The fourth-order valence-corrected chi connectivity index (χ4v) is 1.18. The number of urea groups is 1. The second kappa shape index (κ2) is 6.34. The van der Waals surface area contributed by atoms with Gasteiger partial charge in [0.2, 0.25) is 0 Å². The van der Waals surface area contributed by atoms with Gasteiger partial charge in [0.1, 0.15) is 5.75 Å². The Morgan fingerprint density at radius 1 is 1.32 bits per heavy atom. The molecule has 19 heavy (non-hydrogen) atoms. The van der Waals surface area contributed by atoms with Gasteiger partial charge in [-0.2, -0.15) is 0 Å². The highest BCUT2D eigenvalue weighted by Gasteiger charge is 2.17. The van der Waals surface area contributed by atoms with E-state index in [0.29, 0.717) is 5.75 Å². The molecule has 1 atom stereocenters. The molecule has 0 radical (unpaired) electrons. The molecule has 0 heterocycles. The van der Waals surface area contributed by atoms with Crippen molar-refractivity contribution < 1.29 is 19.2 Å². The number of ether oxygens (including phenoxy) is 1. The van der Waals surface area contributed by atoms with Gasteiger partial charge in [0, 0.05) is 19.2 Å². The van der Waals surface area contributed by atoms with Gasteiger partial charge >= 0.3 is 6.03 Å². The van der Waals surface area contributed by atoms with Crippen molar-refractivity contribution in [2.45, 2.75) is 13.0 Å². The molecule has 0 aliphatic carbocycles. The summed E-state index contributed by atoms with van der Waals surface area (Å²) in [5.41, 5.74) is -0.0742. The molecule has 0 fully saturated rings. The lowest BCUT2D eigenvalue weighted by Gasteiger charge is -2.13. The Morgan fingerprint density at radius 2 is 1.89 bits per heavy atom. The number of nitrogens with zero attached hydrogens (tertiary/aromatic N) is 1. The zero-order valence-electron chi connectivity index (χ0n) is 10.4. The zero-order chi connectivity index (χ0) is 14.4. The number of amides is 3. The molecule has 0 bridgehead atoms. The van der Waals surface area contributed by atoms with Crippen LogP contribution in [-0.4, -0.2) is 30.0 Å². The second-order valence-corrected chi connectivity index (χ2v) is 3.58. The summed E-state index contributed by atoms with van der Waals surface area (Å²) in [4.78, 5) is 32.3. The van der Waals surface area contributed by atoms with Crippen LogP contribution in [0.15, 0.2) is 24.3 Å². The summed E-state index contributed by atoms with van der Waals surface area (Å²) >= 11 is 0. The molecule has 0 aliphatic heterocycles. The summed E-state index contributed by atoms with van der Waals surface area (Å²) in [6.45, 7) is 1.46. The van der Waals surface area contributed by atoms with Crippen molar-refractivity contribution in [1.29, 1.82) is 0 Å². The zero-order valence-corrected chi connectivity index (χ0v) is 10.4. The average Bonchev–Trinajstić information content (AvgIpc) is 2.38. The number of non-ortho nitro benzene ring substituents is 1. The van der Waals surface area contributed by atoms with Gasteiger partial charge in [-0.3, -0.25) is 20.2 Å². The number of nitro groups is 1. The monoisotopic (exact) mass is 267 g/mol. The number of rotatable bonds is 4. The number of nitrogens with one attached hydrogen (secondary N) is 2. The molecule has 0 saturated heterocycles. The molecule has 8 heteroatoms. The first kappa shape index (κ1) is 14.4. The Bertz CT molecular complexity index is 486. The van der Waals surface area contributed by atoms with Gasteiger partial charge in [-0.15, -0.1) is 0 Å². The molecule has 3 amide bonds. The second-order valence-electron chi connectivity index (χ2n) is 3.58. The van der Waals surface area contributed by atoms with E-state index in [4.69, 9.17) is 4.74 Å². The molecule has 8 nitrogen and oxygen atoms in total. The Balaban J connectivity index is 2.61. The molecule has 1 aromatic carbocycles. The minimum absolute atomic E-state index is 0.0742. The lowest BCUT2D eigenvalue weighted by molar-refractivity contribution is -0.384. The maximum absolute atomic E-state index is 11.5. The number of nitro benzene ring substituents is 1. The summed E-state index contributed by atoms with van der Waals surface area (Å²) in [6.07, 6.45) is -0.904. The van der Waals surface area contributed by atoms with Crippen LogP contribution in [0.2, 0.25) is 0 Å². The van der Waals surface area contributed by atoms with Crippen molar-refractivity contribution in [1.82, 2.24) is 10.6 Å². The minimum atomic E-state index is -0.904. The molecule has 0 aliphatic rings. The van der Waals surface area contributed by atoms with E-state index in [1.165, 1.54) is 38.2 Å². The molecule has 0 spiro atoms. The van der Waals surface area contributed by atoms with E-state index in [1.807, 2.05) is 0 Å². The summed E-state index contributed by atoms with van der Waals surface area (Å²) in [5, 5.41) is 14.7. The first-order chi connectivity index (χ1) is 8.93. The van der Waals surface area contributed by atoms with Crippen LogP contribution in [0, 0.1) is 10.1 Å². The summed E-state index contributed by atoms with van der Waals surface area (Å²) in [7, 11) is 1.38. The molecule has 0 aromatic heterocycles. The molecular weight excluding hydrogens is 254 g/mol. The maximum Gasteiger partial charge on any atom is 0.321 e. The highest BCUT2D eigenvalue weighted by molar-refractivity contribution is 5.96. The van der Waals surface area contributed by atoms with E-state index in [-0.39, 0.29) is 5.69 Å². The van der Waals surface area contributed by atoms with Gasteiger partial charge in [0.25, 0.3) is 11.6 Å². The van der Waals surface area contributed by atoms with E-state index >= 15 is 0 Å². The van der Waals surface area contributed by atoms with Gasteiger partial charge in [-0.1, -0.05) is 0 Å². The molecular formula is C11H13N3O5. The van der Waals surface area contributed by atoms with Crippen LogP contribution >= 0.6 is 0 Å². The van der Waals surface area contributed by atoms with Crippen LogP contribution < -0.4 is 15.4 Å². The predicted molar refractivity (Wildman–Crippen MR) is 65.8 cm³/mol. The Kier molecular flexibility index (Phi) is 4.81. The van der Waals surface area contributed by atoms with E-state index < -0.39 is 23.0 Å². The van der Waals surface area contributed by atoms with Crippen molar-refractivity contribution in [3.63, 3.8) is 0 Å². The van der Waals surface area contributed by atoms with Gasteiger partial charge in [0.15, 0.2) is 6.10 Å². The first-order valence-electron chi connectivity index (χ1n) is 5.37. The van der Waals surface area contributed by atoms with Gasteiger partial charge in [0.05, 0.1) is 4.92 Å². The number of carbonyl (C=O) groups excluding carboxylic acids is 2. The minimum Gasteiger partial charge on any atom is -0.481 e. The number of hydrogen-bond acceptors (Lipinski definition) is 5. The van der Waals surface area contributed by atoms with Crippen LogP contribution in [0.5, 0.6) is 5.75 Å². The highest BCUT2D eigenvalue weighted by atomic mass is 16.6. The van der Waals surface area contributed by atoms with Crippen LogP contribution in [-0.2, 0) is 4.79 Å². The van der Waals surface area contributed by atoms with E-state index in [9.17, 15) is 19.7 Å². The van der Waals surface area contributed by atoms with E-state index in [0.717, 1.165) is 0 Å². The topological polar surface area (TPSA) is 111 Å². The first-order valence-corrected chi connectivity index (χ1v) is 5.37. The Labute approximate surface area is 108 Å². The third-order valence-electron chi connectivity index (χ3n) is 2.19. The van der Waals surface area contributed by atoms with Crippen LogP contribution in [0.4, 0.5) is 10.5 Å². The highest BCUT2D eigenvalue weighted by Crippen LogP contribution is 2.18. The lowest BCUT2D eigenvalue weighted by atomic mass is 10.3. The number of carbonyl (C=O) groups is 2. The fraction of sp³-hybridized carbons (Fsp3) is 0.273. The molecule has 0 saturated carbocycles. The molecule has 102 valence electrons. The van der Waals surface area contributed by atoms with Crippen molar-refractivity contribution in [2.24, 2.45) is 0 Å². The normalized spacial score (nSPS) is 11.3. The summed E-state index contributed by atoms with van der Waals surface area (Å²) in [6, 6.07) is 4.64. The average molecular weight is 267 g/mol. The van der Waals surface area contributed by atoms with Crippen LogP contribution in [0.25, 0.3) is 0 Å². The van der Waals surface area contributed by atoms with E-state index in [1.54, 1.807) is 0 Å². The summed E-state index contributed by atoms with van der Waals surface area (Å²) in [5.74, 6) is -0.317. The number of imide groups is 1. The Hall–Kier alpha value is -2.64. The number of benzene rings is 1. The standard InChI is InChI=1S/C11H13N3O5/c1-7(10(15)13-11(16)12-2)19-9-5-3-8(4-6-9)14(17)18/h3-7H,1-2H3,(H2,12,13,15,16)/t7-/m0/s1. The quantitative estimate of drug-likeness (QED) is 0.619. The SMILES string of the molecule is CNC(=O)NC(=O)[C@H](C)Oc1ccc([N+](=O)[O-])cc1. The molecule has 2 N–H and O–H groups in total. The van der Waals surface area contributed by atoms with Gasteiger partial charge in [-0.05, 0) is 19.1 Å². The van der Waals surface area contributed by atoms with E-state index in [2.05, 4.69) is 10.6 Å². The molecule has 0 unspecified atom stereocenters. The van der Waals surface area contributed by atoms with Crippen molar-refractivity contribution in [3.05, 3.63) is 34.4 Å². The van der Waals surface area contributed by atoms with Crippen molar-refractivity contribution in [3.8, 4) is 5.75 Å². The van der Waals surface area contributed by atoms with Gasteiger partial charge < -0.3 is 10.1 Å². The Morgan fingerprint density at radius 3 is 2.37 bits per heavy atom. The van der Waals surface area contributed by atoms with Crippen molar-refractivity contribution in [2.75, 3.05) is 7.05 Å². The third kappa shape index (κ3) is 4.26. The number of hydrogen-bond donors (Lipinski definition) is 2. The lowest BCUT2D eigenvalue weighted by Crippen LogP contribution is -2.43. The molecule has 1 aromatic rings. The van der Waals surface area contributed by atoms with Crippen molar-refractivity contribution >= 4 is 17.6 Å². The van der Waals surface area contributed by atoms with Crippen LogP contribution in [0.3, 0.4) is 0 Å². The largest absolute Gasteiger partial charge is 0.481 e. The smallest absolute Gasteiger partial charge is 0.321 e. The van der Waals surface area contributed by atoms with Gasteiger partial charge in [-0.25, -0.2) is 4.79 Å². The fourth-order valence-electron chi connectivity index (χ4n) is 1.18. The predicted octanol–water partition coefficient (Wildman–Crippen LogP) is 0.818. The molecule has 1 rings (SSSR count). The summed E-state index contributed by atoms with van der Waals surface area (Å²) < 4.78 is 5.24. The third-order valence-corrected chi connectivity index (χ3v) is 2.19.